The second kappa shape index (κ2) is 7.98. The number of fused-ring (bicyclic) bond motifs is 1. The number of nitrogens with one attached hydrogen (secondary N) is 2. The molecule has 0 fully saturated rings. The number of anilines is 2. The minimum absolute atomic E-state index is 0.354. The van der Waals surface area contributed by atoms with Crippen LogP contribution in [0.4, 0.5) is 29.5 Å². The third kappa shape index (κ3) is 4.74. The standard InChI is InChI=1S/C21H17F3N6O/c22-21(23,24)12-27-20(31)28-15-4-1-3-14(9-15)17-11-26-19-10-13(7-8-30(17)19)16-5-2-6-18(25)29-16/h1-11H,12H2,(H2,25,29)(H2,27,28,31). The number of nitrogens with two attached hydrogens (primary N) is 1. The van der Waals surface area contributed by atoms with Gasteiger partial charge >= 0.3 is 12.2 Å². The molecule has 0 spiro atoms. The van der Waals surface area contributed by atoms with E-state index in [1.807, 2.05) is 40.9 Å². The number of imidazole rings is 1. The van der Waals surface area contributed by atoms with Gasteiger partial charge in [0.05, 0.1) is 17.6 Å². The maximum Gasteiger partial charge on any atom is 0.405 e. The summed E-state index contributed by atoms with van der Waals surface area (Å²) in [6.45, 7) is -1.41. The molecule has 0 aliphatic carbocycles. The molecule has 3 aromatic heterocycles. The van der Waals surface area contributed by atoms with Gasteiger partial charge in [0.1, 0.15) is 18.0 Å². The van der Waals surface area contributed by atoms with Gasteiger partial charge < -0.3 is 16.4 Å². The van der Waals surface area contributed by atoms with Crippen molar-refractivity contribution in [2.45, 2.75) is 6.18 Å². The Bertz CT molecular complexity index is 1250. The van der Waals surface area contributed by atoms with E-state index >= 15 is 0 Å². The summed E-state index contributed by atoms with van der Waals surface area (Å²) in [5.41, 5.74) is 9.85. The Morgan fingerprint density at radius 3 is 2.65 bits per heavy atom. The molecule has 0 aliphatic heterocycles. The number of carbonyl (C=O) groups is 1. The Kier molecular flexibility index (Phi) is 5.20. The molecular weight excluding hydrogens is 409 g/mol. The van der Waals surface area contributed by atoms with Gasteiger partial charge in [-0.3, -0.25) is 4.40 Å². The maximum atomic E-state index is 12.2. The number of aromatic nitrogens is 3. The van der Waals surface area contributed by atoms with Gasteiger partial charge in [-0.15, -0.1) is 0 Å². The van der Waals surface area contributed by atoms with Crippen LogP contribution >= 0.6 is 0 Å². The van der Waals surface area contributed by atoms with Gasteiger partial charge in [-0.2, -0.15) is 13.2 Å². The number of hydrogen-bond donors (Lipinski definition) is 3. The first-order valence-electron chi connectivity index (χ1n) is 9.20. The highest BCUT2D eigenvalue weighted by molar-refractivity contribution is 5.90. The largest absolute Gasteiger partial charge is 0.405 e. The number of nitrogen functional groups attached to an aromatic ring is 1. The Hall–Kier alpha value is -4.08. The fourth-order valence-electron chi connectivity index (χ4n) is 3.08. The van der Waals surface area contributed by atoms with Crippen LogP contribution in [0.15, 0.2) is 67.0 Å². The normalized spacial score (nSPS) is 11.5. The van der Waals surface area contributed by atoms with Crippen molar-refractivity contribution in [3.05, 3.63) is 67.0 Å². The SMILES string of the molecule is Nc1cccc(-c2ccn3c(-c4cccc(NC(=O)NCC(F)(F)F)c4)cnc3c2)n1. The number of urea groups is 1. The number of carbonyl (C=O) groups excluding carboxylic acids is 1. The second-order valence-electron chi connectivity index (χ2n) is 6.74. The lowest BCUT2D eigenvalue weighted by atomic mass is 10.1. The van der Waals surface area contributed by atoms with Gasteiger partial charge in [0.2, 0.25) is 0 Å². The molecule has 10 heteroatoms. The zero-order chi connectivity index (χ0) is 22.0. The monoisotopic (exact) mass is 426 g/mol. The summed E-state index contributed by atoms with van der Waals surface area (Å²) >= 11 is 0. The lowest BCUT2D eigenvalue weighted by Gasteiger charge is -2.11. The molecule has 4 N–H and O–H groups in total. The molecule has 0 saturated carbocycles. The summed E-state index contributed by atoms with van der Waals surface area (Å²) in [7, 11) is 0. The topological polar surface area (TPSA) is 97.3 Å². The van der Waals surface area contributed by atoms with Crippen molar-refractivity contribution in [3.8, 4) is 22.5 Å². The van der Waals surface area contributed by atoms with E-state index in [-0.39, 0.29) is 0 Å². The zero-order valence-corrected chi connectivity index (χ0v) is 16.0. The highest BCUT2D eigenvalue weighted by atomic mass is 19.4. The number of amides is 2. The molecule has 1 aromatic carbocycles. The van der Waals surface area contributed by atoms with E-state index in [4.69, 9.17) is 5.73 Å². The third-order valence-electron chi connectivity index (χ3n) is 4.45. The van der Waals surface area contributed by atoms with Gasteiger partial charge in [-0.1, -0.05) is 18.2 Å². The minimum Gasteiger partial charge on any atom is -0.384 e. The smallest absolute Gasteiger partial charge is 0.384 e. The number of rotatable bonds is 4. The van der Waals surface area contributed by atoms with E-state index in [1.54, 1.807) is 35.8 Å². The van der Waals surface area contributed by atoms with Crippen LogP contribution in [0.3, 0.4) is 0 Å². The van der Waals surface area contributed by atoms with Crippen LogP contribution < -0.4 is 16.4 Å². The van der Waals surface area contributed by atoms with Gasteiger partial charge in [-0.25, -0.2) is 14.8 Å². The minimum atomic E-state index is -4.48. The average Bonchev–Trinajstić information content (AvgIpc) is 3.15. The van der Waals surface area contributed by atoms with Crippen molar-refractivity contribution in [1.29, 1.82) is 0 Å². The number of halogens is 3. The molecule has 0 saturated heterocycles. The molecule has 4 aromatic rings. The number of hydrogen-bond acceptors (Lipinski definition) is 4. The number of benzene rings is 1. The molecule has 0 bridgehead atoms. The van der Waals surface area contributed by atoms with Crippen LogP contribution in [0.2, 0.25) is 0 Å². The second-order valence-corrected chi connectivity index (χ2v) is 6.74. The van der Waals surface area contributed by atoms with E-state index < -0.39 is 18.8 Å². The van der Waals surface area contributed by atoms with E-state index in [1.165, 1.54) is 0 Å². The molecule has 0 unspecified atom stereocenters. The molecule has 0 atom stereocenters. The van der Waals surface area contributed by atoms with Gasteiger partial charge in [0, 0.05) is 23.0 Å². The summed E-state index contributed by atoms with van der Waals surface area (Å²) < 4.78 is 38.6. The van der Waals surface area contributed by atoms with E-state index in [2.05, 4.69) is 15.3 Å². The first kappa shape index (κ1) is 20.2. The van der Waals surface area contributed by atoms with Crippen molar-refractivity contribution < 1.29 is 18.0 Å². The molecule has 3 heterocycles. The van der Waals surface area contributed by atoms with Crippen LogP contribution in [0.1, 0.15) is 0 Å². The van der Waals surface area contributed by atoms with Crippen LogP contribution in [0.5, 0.6) is 0 Å². The Balaban J connectivity index is 1.58. The summed E-state index contributed by atoms with van der Waals surface area (Å²) in [5, 5.41) is 4.17. The highest BCUT2D eigenvalue weighted by Crippen LogP contribution is 2.26. The lowest BCUT2D eigenvalue weighted by Crippen LogP contribution is -2.36. The molecule has 0 radical (unpaired) electrons. The molecule has 7 nitrogen and oxygen atoms in total. The van der Waals surface area contributed by atoms with Gasteiger partial charge in [0.25, 0.3) is 0 Å². The molecule has 0 aliphatic rings. The van der Waals surface area contributed by atoms with Crippen molar-refractivity contribution >= 4 is 23.2 Å². The summed E-state index contributed by atoms with van der Waals surface area (Å²) in [5.74, 6) is 0.421. The first-order chi connectivity index (χ1) is 14.8. The summed E-state index contributed by atoms with van der Waals surface area (Å²) in [6.07, 6.45) is -0.960. The van der Waals surface area contributed by atoms with Crippen molar-refractivity contribution in [3.63, 3.8) is 0 Å². The Labute approximate surface area is 174 Å². The molecule has 2 amide bonds. The van der Waals surface area contributed by atoms with Crippen molar-refractivity contribution in [2.24, 2.45) is 0 Å². The molecule has 31 heavy (non-hydrogen) atoms. The summed E-state index contributed by atoms with van der Waals surface area (Å²) in [4.78, 5) is 20.4. The average molecular weight is 426 g/mol. The molecular formula is C21H17F3N6O. The van der Waals surface area contributed by atoms with Crippen LogP contribution in [-0.4, -0.2) is 33.1 Å². The number of alkyl halides is 3. The first-order valence-corrected chi connectivity index (χ1v) is 9.20. The zero-order valence-electron chi connectivity index (χ0n) is 16.0. The summed E-state index contributed by atoms with van der Waals surface area (Å²) in [6, 6.07) is 15.0. The Morgan fingerprint density at radius 1 is 1.06 bits per heavy atom. The quantitative estimate of drug-likeness (QED) is 0.453. The number of pyridine rings is 2. The van der Waals surface area contributed by atoms with Crippen molar-refractivity contribution in [1.82, 2.24) is 19.7 Å². The Morgan fingerprint density at radius 2 is 1.87 bits per heavy atom. The third-order valence-corrected chi connectivity index (χ3v) is 4.45. The highest BCUT2D eigenvalue weighted by Gasteiger charge is 2.27. The maximum absolute atomic E-state index is 12.2. The van der Waals surface area contributed by atoms with Gasteiger partial charge in [0.15, 0.2) is 0 Å². The van der Waals surface area contributed by atoms with E-state index in [9.17, 15) is 18.0 Å². The fraction of sp³-hybridized carbons (Fsp3) is 0.0952. The van der Waals surface area contributed by atoms with E-state index in [0.29, 0.717) is 17.2 Å². The van der Waals surface area contributed by atoms with E-state index in [0.717, 1.165) is 22.5 Å². The van der Waals surface area contributed by atoms with Crippen LogP contribution in [-0.2, 0) is 0 Å². The lowest BCUT2D eigenvalue weighted by molar-refractivity contribution is -0.122. The van der Waals surface area contributed by atoms with Crippen LogP contribution in [0, 0.1) is 0 Å². The van der Waals surface area contributed by atoms with Crippen molar-refractivity contribution in [2.75, 3.05) is 17.6 Å². The number of nitrogens with zero attached hydrogens (tertiary/aromatic N) is 3. The predicted molar refractivity (Wildman–Crippen MR) is 111 cm³/mol. The predicted octanol–water partition coefficient (Wildman–Crippen LogP) is 4.33. The van der Waals surface area contributed by atoms with Gasteiger partial charge in [-0.05, 0) is 36.4 Å². The fourth-order valence-corrected chi connectivity index (χ4v) is 3.08. The van der Waals surface area contributed by atoms with Crippen LogP contribution in [0.25, 0.3) is 28.2 Å². The molecule has 4 rings (SSSR count). The molecule has 158 valence electrons.